The molecule has 1 fully saturated rings. The third-order valence-corrected chi connectivity index (χ3v) is 6.37. The predicted octanol–water partition coefficient (Wildman–Crippen LogP) is 1.24. The number of piperidine rings is 1. The average Bonchev–Trinajstić information content (AvgIpc) is 2.73. The Kier molecular flexibility index (Phi) is 6.37. The average molecular weight is 402 g/mol. The number of carbonyl (C=O) groups excluding carboxylic acids is 2. The molecule has 2 amide bonds. The van der Waals surface area contributed by atoms with Gasteiger partial charge >= 0.3 is 0 Å². The minimum Gasteiger partial charge on any atom is -0.347 e. The summed E-state index contributed by atoms with van der Waals surface area (Å²) in [5, 5.41) is 5.17. The van der Waals surface area contributed by atoms with Gasteiger partial charge in [-0.2, -0.15) is 4.31 Å². The Bertz CT molecular complexity index is 919. The van der Waals surface area contributed by atoms with Gasteiger partial charge in [-0.3, -0.25) is 9.59 Å². The first-order chi connectivity index (χ1) is 13.5. The Hall–Kier alpha value is -2.78. The van der Waals surface area contributed by atoms with Crippen LogP contribution in [0.2, 0.25) is 0 Å². The number of rotatable bonds is 6. The monoisotopic (exact) mass is 402 g/mol. The summed E-state index contributed by atoms with van der Waals surface area (Å²) in [6, 6.07) is 13.3. The van der Waals surface area contributed by atoms with Crippen LogP contribution in [-0.4, -0.2) is 49.2 Å². The zero-order valence-corrected chi connectivity index (χ0v) is 16.1. The van der Waals surface area contributed by atoms with Crippen LogP contribution in [0.4, 0.5) is 5.82 Å². The molecule has 0 aliphatic carbocycles. The van der Waals surface area contributed by atoms with Crippen LogP contribution in [0.15, 0.2) is 59.6 Å². The highest BCUT2D eigenvalue weighted by Gasteiger charge is 2.33. The molecule has 0 bridgehead atoms. The molecule has 1 aromatic heterocycles. The molecule has 1 aliphatic heterocycles. The minimum atomic E-state index is -3.63. The van der Waals surface area contributed by atoms with Gasteiger partial charge in [-0.15, -0.1) is 0 Å². The third kappa shape index (κ3) is 4.93. The van der Waals surface area contributed by atoms with Gasteiger partial charge in [0.1, 0.15) is 5.82 Å². The van der Waals surface area contributed by atoms with Crippen molar-refractivity contribution in [2.45, 2.75) is 17.7 Å². The first kappa shape index (κ1) is 20.0. The molecule has 1 saturated heterocycles. The van der Waals surface area contributed by atoms with Gasteiger partial charge in [0.05, 0.1) is 17.4 Å². The van der Waals surface area contributed by atoms with E-state index in [-0.39, 0.29) is 23.9 Å². The Morgan fingerprint density at radius 2 is 1.86 bits per heavy atom. The quantitative estimate of drug-likeness (QED) is 0.756. The van der Waals surface area contributed by atoms with Crippen molar-refractivity contribution in [3.63, 3.8) is 0 Å². The number of amides is 2. The molecule has 9 heteroatoms. The number of pyridine rings is 1. The number of hydrogen-bond donors (Lipinski definition) is 2. The molecule has 0 radical (unpaired) electrons. The second-order valence-corrected chi connectivity index (χ2v) is 8.43. The lowest BCUT2D eigenvalue weighted by Gasteiger charge is -2.31. The maximum absolute atomic E-state index is 12.7. The predicted molar refractivity (Wildman–Crippen MR) is 104 cm³/mol. The van der Waals surface area contributed by atoms with Crippen molar-refractivity contribution < 1.29 is 18.0 Å². The van der Waals surface area contributed by atoms with E-state index in [9.17, 15) is 18.0 Å². The van der Waals surface area contributed by atoms with Gasteiger partial charge in [0.15, 0.2) is 0 Å². The summed E-state index contributed by atoms with van der Waals surface area (Å²) in [5.74, 6) is -0.810. The van der Waals surface area contributed by atoms with E-state index in [0.29, 0.717) is 25.2 Å². The van der Waals surface area contributed by atoms with E-state index >= 15 is 0 Å². The van der Waals surface area contributed by atoms with Gasteiger partial charge in [-0.1, -0.05) is 24.3 Å². The van der Waals surface area contributed by atoms with Crippen LogP contribution in [0.1, 0.15) is 12.8 Å². The molecule has 0 spiro atoms. The molecular weight excluding hydrogens is 380 g/mol. The van der Waals surface area contributed by atoms with E-state index in [1.165, 1.54) is 4.31 Å². The molecule has 2 N–H and O–H groups in total. The number of sulfonamides is 1. The van der Waals surface area contributed by atoms with Crippen LogP contribution in [0.25, 0.3) is 0 Å². The fourth-order valence-corrected chi connectivity index (χ4v) is 4.60. The van der Waals surface area contributed by atoms with Crippen molar-refractivity contribution in [2.24, 2.45) is 5.92 Å². The van der Waals surface area contributed by atoms with Gasteiger partial charge < -0.3 is 10.6 Å². The van der Waals surface area contributed by atoms with Crippen molar-refractivity contribution in [3.05, 3.63) is 54.7 Å². The fraction of sp³-hybridized carbons (Fsp3) is 0.316. The van der Waals surface area contributed by atoms with Crippen LogP contribution in [-0.2, 0) is 19.6 Å². The number of carbonyl (C=O) groups is 2. The number of nitrogens with zero attached hydrogens (tertiary/aromatic N) is 2. The Morgan fingerprint density at radius 1 is 1.11 bits per heavy atom. The van der Waals surface area contributed by atoms with E-state index in [4.69, 9.17) is 0 Å². The lowest BCUT2D eigenvalue weighted by atomic mass is 9.99. The minimum absolute atomic E-state index is 0.102. The van der Waals surface area contributed by atoms with Crippen molar-refractivity contribution >= 4 is 27.7 Å². The lowest BCUT2D eigenvalue weighted by Crippen LogP contribution is -2.46. The summed E-state index contributed by atoms with van der Waals surface area (Å²) < 4.78 is 26.8. The van der Waals surface area contributed by atoms with Crippen LogP contribution < -0.4 is 10.6 Å². The number of benzene rings is 1. The lowest BCUT2D eigenvalue weighted by molar-refractivity contribution is -0.128. The highest BCUT2D eigenvalue weighted by atomic mass is 32.2. The smallest absolute Gasteiger partial charge is 0.244 e. The van der Waals surface area contributed by atoms with E-state index in [1.807, 2.05) is 0 Å². The van der Waals surface area contributed by atoms with E-state index in [0.717, 1.165) is 0 Å². The molecule has 0 saturated carbocycles. The van der Waals surface area contributed by atoms with Gasteiger partial charge in [0, 0.05) is 19.3 Å². The molecule has 2 aromatic rings. The fourth-order valence-electron chi connectivity index (χ4n) is 3.05. The summed E-state index contributed by atoms with van der Waals surface area (Å²) in [6.07, 6.45) is 2.72. The molecule has 148 valence electrons. The molecule has 8 nitrogen and oxygen atoms in total. The highest BCUT2D eigenvalue weighted by Crippen LogP contribution is 2.23. The summed E-state index contributed by atoms with van der Waals surface area (Å²) in [7, 11) is -3.63. The molecule has 2 heterocycles. The van der Waals surface area contributed by atoms with Crippen LogP contribution in [0.5, 0.6) is 0 Å². The molecule has 1 atom stereocenters. The van der Waals surface area contributed by atoms with E-state index < -0.39 is 21.8 Å². The van der Waals surface area contributed by atoms with Gasteiger partial charge in [-0.05, 0) is 37.1 Å². The van der Waals surface area contributed by atoms with Gasteiger partial charge in [0.2, 0.25) is 21.8 Å². The van der Waals surface area contributed by atoms with Crippen LogP contribution in [0.3, 0.4) is 0 Å². The maximum Gasteiger partial charge on any atom is 0.244 e. The van der Waals surface area contributed by atoms with Crippen LogP contribution >= 0.6 is 0 Å². The van der Waals surface area contributed by atoms with Crippen molar-refractivity contribution in [1.29, 1.82) is 0 Å². The standard InChI is InChI=1S/C19H22N4O4S/c24-18(22-17-10-4-5-11-20-17)13-21-19(25)15-7-6-12-23(14-15)28(26,27)16-8-2-1-3-9-16/h1-5,8-11,15H,6-7,12-14H2,(H,21,25)(H,20,22,24). The number of anilines is 1. The maximum atomic E-state index is 12.7. The molecule has 1 unspecified atom stereocenters. The first-order valence-corrected chi connectivity index (χ1v) is 10.4. The SMILES string of the molecule is O=C(CNC(=O)C1CCCN(S(=O)(=O)c2ccccc2)C1)Nc1ccccn1. The Morgan fingerprint density at radius 3 is 2.57 bits per heavy atom. The highest BCUT2D eigenvalue weighted by molar-refractivity contribution is 7.89. The number of nitrogens with one attached hydrogen (secondary N) is 2. The topological polar surface area (TPSA) is 108 Å². The molecule has 28 heavy (non-hydrogen) atoms. The van der Waals surface area contributed by atoms with Gasteiger partial charge in [-0.25, -0.2) is 13.4 Å². The zero-order valence-electron chi connectivity index (χ0n) is 15.2. The summed E-state index contributed by atoms with van der Waals surface area (Å²) in [5.41, 5.74) is 0. The van der Waals surface area contributed by atoms with Crippen molar-refractivity contribution in [2.75, 3.05) is 25.0 Å². The normalized spacial score (nSPS) is 17.6. The third-order valence-electron chi connectivity index (χ3n) is 4.49. The number of aromatic nitrogens is 1. The summed E-state index contributed by atoms with van der Waals surface area (Å²) in [4.78, 5) is 28.6. The summed E-state index contributed by atoms with van der Waals surface area (Å²) in [6.45, 7) is 0.281. The summed E-state index contributed by atoms with van der Waals surface area (Å²) >= 11 is 0. The molecular formula is C19H22N4O4S. The second-order valence-electron chi connectivity index (χ2n) is 6.50. The largest absolute Gasteiger partial charge is 0.347 e. The Labute approximate surface area is 164 Å². The van der Waals surface area contributed by atoms with Crippen molar-refractivity contribution in [1.82, 2.24) is 14.6 Å². The Balaban J connectivity index is 1.55. The second kappa shape index (κ2) is 8.94. The molecule has 3 rings (SSSR count). The number of hydrogen-bond acceptors (Lipinski definition) is 5. The van der Waals surface area contributed by atoms with E-state index in [1.54, 1.807) is 54.7 Å². The van der Waals surface area contributed by atoms with E-state index in [2.05, 4.69) is 15.6 Å². The van der Waals surface area contributed by atoms with Crippen LogP contribution in [0, 0.1) is 5.92 Å². The van der Waals surface area contributed by atoms with Gasteiger partial charge in [0.25, 0.3) is 0 Å². The zero-order chi connectivity index (χ0) is 20.0. The van der Waals surface area contributed by atoms with Crippen molar-refractivity contribution in [3.8, 4) is 0 Å². The molecule has 1 aromatic carbocycles. The molecule has 1 aliphatic rings. The first-order valence-electron chi connectivity index (χ1n) is 9.00.